The van der Waals surface area contributed by atoms with Crippen LogP contribution in [0.15, 0.2) is 91.1 Å². The van der Waals surface area contributed by atoms with E-state index < -0.39 is 48.9 Å². The molecule has 1 aliphatic heterocycles. The molecule has 2 heterocycles. The first kappa shape index (κ1) is 25.7. The van der Waals surface area contributed by atoms with E-state index in [0.29, 0.717) is 16.8 Å². The summed E-state index contributed by atoms with van der Waals surface area (Å²) < 4.78 is 21.0. The van der Waals surface area contributed by atoms with Crippen molar-refractivity contribution in [2.24, 2.45) is 0 Å². The molecule has 4 aromatic rings. The minimum Gasteiger partial charge on any atom is -0.394 e. The van der Waals surface area contributed by atoms with Gasteiger partial charge in [0.15, 0.2) is 6.23 Å². The SMILES string of the molecule is O=C(c1ccccc1)N(Cc1ccccc1)C1OC(CO)[C@H](O)[C@H](n2cc(-c3cccc(F)c3)nn2)C1O. The number of carbonyl (C=O) groups is 1. The maximum absolute atomic E-state index is 13.8. The summed E-state index contributed by atoms with van der Waals surface area (Å²) in [5, 5.41) is 40.7. The van der Waals surface area contributed by atoms with Gasteiger partial charge in [-0.05, 0) is 29.8 Å². The Balaban J connectivity index is 1.51. The van der Waals surface area contributed by atoms with Crippen LogP contribution in [0.4, 0.5) is 4.39 Å². The first-order valence-corrected chi connectivity index (χ1v) is 12.2. The number of aromatic nitrogens is 3. The van der Waals surface area contributed by atoms with Crippen LogP contribution in [0.5, 0.6) is 0 Å². The van der Waals surface area contributed by atoms with Gasteiger partial charge in [-0.1, -0.05) is 65.9 Å². The van der Waals surface area contributed by atoms with Crippen LogP contribution in [0.2, 0.25) is 0 Å². The van der Waals surface area contributed by atoms with Gasteiger partial charge in [0.2, 0.25) is 0 Å². The second-order valence-electron chi connectivity index (χ2n) is 9.10. The normalized spacial score (nSPS) is 23.2. The van der Waals surface area contributed by atoms with Gasteiger partial charge in [0.1, 0.15) is 35.9 Å². The average molecular weight is 519 g/mol. The molecule has 3 unspecified atom stereocenters. The summed E-state index contributed by atoms with van der Waals surface area (Å²) in [4.78, 5) is 15.1. The van der Waals surface area contributed by atoms with Gasteiger partial charge in [-0.3, -0.25) is 4.79 Å². The number of nitrogens with zero attached hydrogens (tertiary/aromatic N) is 4. The lowest BCUT2D eigenvalue weighted by Crippen LogP contribution is -2.61. The van der Waals surface area contributed by atoms with Crippen molar-refractivity contribution in [1.29, 1.82) is 0 Å². The Morgan fingerprint density at radius 2 is 1.68 bits per heavy atom. The number of aliphatic hydroxyl groups excluding tert-OH is 3. The Kier molecular flexibility index (Phi) is 7.57. The van der Waals surface area contributed by atoms with Gasteiger partial charge in [-0.25, -0.2) is 9.07 Å². The van der Waals surface area contributed by atoms with Crippen LogP contribution < -0.4 is 0 Å². The highest BCUT2D eigenvalue weighted by Gasteiger charge is 2.49. The van der Waals surface area contributed by atoms with Crippen molar-refractivity contribution in [2.75, 3.05) is 6.61 Å². The van der Waals surface area contributed by atoms with Crippen molar-refractivity contribution in [1.82, 2.24) is 19.9 Å². The van der Waals surface area contributed by atoms with Gasteiger partial charge >= 0.3 is 0 Å². The summed E-state index contributed by atoms with van der Waals surface area (Å²) in [6.07, 6.45) is -3.72. The van der Waals surface area contributed by atoms with Gasteiger partial charge < -0.3 is 25.0 Å². The number of rotatable bonds is 7. The number of amides is 1. The lowest BCUT2D eigenvalue weighted by atomic mass is 9.94. The molecule has 5 atom stereocenters. The maximum atomic E-state index is 13.8. The monoisotopic (exact) mass is 518 g/mol. The van der Waals surface area contributed by atoms with Crippen molar-refractivity contribution in [3.05, 3.63) is 108 Å². The molecular formula is C28H27FN4O5. The second-order valence-corrected chi connectivity index (χ2v) is 9.10. The molecule has 9 nitrogen and oxygen atoms in total. The van der Waals surface area contributed by atoms with Crippen LogP contribution in [0.1, 0.15) is 22.0 Å². The molecule has 1 aromatic heterocycles. The van der Waals surface area contributed by atoms with Crippen LogP contribution in [0, 0.1) is 5.82 Å². The van der Waals surface area contributed by atoms with Crippen LogP contribution in [-0.4, -0.2) is 72.3 Å². The molecule has 196 valence electrons. The van der Waals surface area contributed by atoms with Crippen molar-refractivity contribution >= 4 is 5.91 Å². The molecule has 5 rings (SSSR count). The van der Waals surface area contributed by atoms with Gasteiger partial charge in [0.05, 0.1) is 12.8 Å². The number of carbonyl (C=O) groups excluding carboxylic acids is 1. The third-order valence-corrected chi connectivity index (χ3v) is 6.59. The molecule has 3 aromatic carbocycles. The van der Waals surface area contributed by atoms with Gasteiger partial charge in [-0.15, -0.1) is 5.10 Å². The predicted octanol–water partition coefficient (Wildman–Crippen LogP) is 2.41. The minimum absolute atomic E-state index is 0.100. The molecule has 0 radical (unpaired) electrons. The highest BCUT2D eigenvalue weighted by molar-refractivity contribution is 5.94. The van der Waals surface area contributed by atoms with E-state index in [1.165, 1.54) is 34.0 Å². The molecule has 10 heteroatoms. The standard InChI is InChI=1S/C28H27FN4O5/c29-21-13-7-12-20(14-21)22-16-33(31-30-22)24-25(35)23(17-34)38-28(26(24)36)32(15-18-8-3-1-4-9-18)27(37)19-10-5-2-6-11-19/h1-14,16,23-26,28,34-36H,15,17H2/t23?,24-,25-,26?,28?/m0/s1. The molecule has 1 amide bonds. The van der Waals surface area contributed by atoms with E-state index in [2.05, 4.69) is 10.3 Å². The Morgan fingerprint density at radius 1 is 0.974 bits per heavy atom. The Bertz CT molecular complexity index is 1370. The van der Waals surface area contributed by atoms with Crippen LogP contribution >= 0.6 is 0 Å². The summed E-state index contributed by atoms with van der Waals surface area (Å²) in [5.74, 6) is -0.844. The third-order valence-electron chi connectivity index (χ3n) is 6.59. The fraction of sp³-hybridized carbons (Fsp3) is 0.250. The average Bonchev–Trinajstić information content (AvgIpc) is 3.43. The summed E-state index contributed by atoms with van der Waals surface area (Å²) >= 11 is 0. The molecule has 38 heavy (non-hydrogen) atoms. The molecule has 0 spiro atoms. The van der Waals surface area contributed by atoms with E-state index in [4.69, 9.17) is 4.74 Å². The third kappa shape index (κ3) is 5.20. The van der Waals surface area contributed by atoms with Crippen molar-refractivity contribution in [2.45, 2.75) is 37.1 Å². The first-order valence-electron chi connectivity index (χ1n) is 12.2. The van der Waals surface area contributed by atoms with E-state index in [1.807, 2.05) is 30.3 Å². The number of aliphatic hydroxyl groups is 3. The van der Waals surface area contributed by atoms with Crippen LogP contribution in [-0.2, 0) is 11.3 Å². The van der Waals surface area contributed by atoms with Crippen molar-refractivity contribution < 1.29 is 29.2 Å². The molecule has 0 saturated carbocycles. The topological polar surface area (TPSA) is 121 Å². The Morgan fingerprint density at radius 3 is 2.37 bits per heavy atom. The molecule has 1 saturated heterocycles. The Hall–Kier alpha value is -3.96. The summed E-state index contributed by atoms with van der Waals surface area (Å²) in [7, 11) is 0. The van der Waals surface area contributed by atoms with Crippen LogP contribution in [0.25, 0.3) is 11.3 Å². The molecule has 0 bridgehead atoms. The quantitative estimate of drug-likeness (QED) is 0.344. The van der Waals surface area contributed by atoms with E-state index in [1.54, 1.807) is 36.4 Å². The maximum Gasteiger partial charge on any atom is 0.256 e. The number of halogens is 1. The first-order chi connectivity index (χ1) is 18.5. The lowest BCUT2D eigenvalue weighted by Gasteiger charge is -2.46. The summed E-state index contributed by atoms with van der Waals surface area (Å²) in [6, 6.07) is 22.5. The number of benzene rings is 3. The minimum atomic E-state index is -1.45. The highest BCUT2D eigenvalue weighted by atomic mass is 19.1. The van der Waals surface area contributed by atoms with E-state index in [0.717, 1.165) is 5.56 Å². The van der Waals surface area contributed by atoms with E-state index in [9.17, 15) is 24.5 Å². The Labute approximate surface area is 218 Å². The number of hydrogen-bond donors (Lipinski definition) is 3. The van der Waals surface area contributed by atoms with Crippen molar-refractivity contribution in [3.8, 4) is 11.3 Å². The van der Waals surface area contributed by atoms with E-state index in [-0.39, 0.29) is 6.54 Å². The number of ether oxygens (including phenoxy) is 1. The fourth-order valence-electron chi connectivity index (χ4n) is 4.66. The van der Waals surface area contributed by atoms with Gasteiger partial charge in [0, 0.05) is 17.7 Å². The molecule has 1 fully saturated rings. The fourth-order valence-corrected chi connectivity index (χ4v) is 4.66. The number of hydrogen-bond acceptors (Lipinski definition) is 7. The summed E-state index contributed by atoms with van der Waals surface area (Å²) in [5.41, 5.74) is 1.98. The second kappa shape index (κ2) is 11.2. The van der Waals surface area contributed by atoms with Crippen LogP contribution in [0.3, 0.4) is 0 Å². The molecule has 3 N–H and O–H groups in total. The zero-order valence-electron chi connectivity index (χ0n) is 20.3. The smallest absolute Gasteiger partial charge is 0.256 e. The zero-order valence-corrected chi connectivity index (χ0v) is 20.3. The van der Waals surface area contributed by atoms with Crippen molar-refractivity contribution in [3.63, 3.8) is 0 Å². The predicted molar refractivity (Wildman–Crippen MR) is 135 cm³/mol. The summed E-state index contributed by atoms with van der Waals surface area (Å²) in [6.45, 7) is -0.464. The van der Waals surface area contributed by atoms with Gasteiger partial charge in [-0.2, -0.15) is 0 Å². The zero-order chi connectivity index (χ0) is 26.6. The largest absolute Gasteiger partial charge is 0.394 e. The van der Waals surface area contributed by atoms with Gasteiger partial charge in [0.25, 0.3) is 5.91 Å². The highest BCUT2D eigenvalue weighted by Crippen LogP contribution is 2.33. The molecule has 0 aliphatic carbocycles. The molecule has 1 aliphatic rings. The lowest BCUT2D eigenvalue weighted by molar-refractivity contribution is -0.239. The molecular weight excluding hydrogens is 491 g/mol. The van der Waals surface area contributed by atoms with E-state index >= 15 is 0 Å².